The van der Waals surface area contributed by atoms with Crippen molar-refractivity contribution in [3.8, 4) is 6.07 Å². The van der Waals surface area contributed by atoms with Crippen molar-refractivity contribution in [2.45, 2.75) is 0 Å². The van der Waals surface area contributed by atoms with Crippen LogP contribution >= 0.6 is 34.2 Å². The van der Waals surface area contributed by atoms with Crippen LogP contribution < -0.4 is 0 Å². The van der Waals surface area contributed by atoms with Gasteiger partial charge in [-0.05, 0) is 40.8 Å². The van der Waals surface area contributed by atoms with Gasteiger partial charge < -0.3 is 0 Å². The van der Waals surface area contributed by atoms with Gasteiger partial charge in [0.05, 0.1) is 19.7 Å². The molecule has 0 aliphatic heterocycles. The Bertz CT molecular complexity index is 546. The minimum atomic E-state index is 0.571. The van der Waals surface area contributed by atoms with E-state index in [4.69, 9.17) is 16.9 Å². The first-order chi connectivity index (χ1) is 6.74. The van der Waals surface area contributed by atoms with Gasteiger partial charge in [-0.25, -0.2) is 0 Å². The van der Waals surface area contributed by atoms with E-state index in [2.05, 4.69) is 33.6 Å². The highest BCUT2D eigenvalue weighted by Gasteiger charge is 2.09. The lowest BCUT2D eigenvalue weighted by Crippen LogP contribution is -1.87. The minimum absolute atomic E-state index is 0.571. The van der Waals surface area contributed by atoms with Crippen molar-refractivity contribution in [1.29, 1.82) is 5.26 Å². The first-order valence-corrected chi connectivity index (χ1v) is 5.32. The van der Waals surface area contributed by atoms with E-state index < -0.39 is 0 Å². The number of hydrogen-bond donors (Lipinski definition) is 0. The van der Waals surface area contributed by atoms with Gasteiger partial charge in [0.15, 0.2) is 0 Å². The molecule has 4 heteroatoms. The number of benzene rings is 1. The summed E-state index contributed by atoms with van der Waals surface area (Å²) < 4.78 is 0.785. The van der Waals surface area contributed by atoms with Crippen LogP contribution in [0.2, 0.25) is 5.02 Å². The highest BCUT2D eigenvalue weighted by atomic mass is 127. The molecule has 1 aromatic heterocycles. The van der Waals surface area contributed by atoms with Gasteiger partial charge in [-0.3, -0.25) is 4.98 Å². The zero-order chi connectivity index (χ0) is 10.1. The molecule has 2 nitrogen and oxygen atoms in total. The first-order valence-electron chi connectivity index (χ1n) is 3.87. The van der Waals surface area contributed by atoms with Crippen LogP contribution in [0, 0.1) is 14.9 Å². The van der Waals surface area contributed by atoms with Crippen LogP contribution in [0.15, 0.2) is 24.4 Å². The Hall–Kier alpha value is -0.860. The Morgan fingerprint density at radius 2 is 2.29 bits per heavy atom. The number of hydrogen-bond acceptors (Lipinski definition) is 2. The van der Waals surface area contributed by atoms with E-state index in [1.165, 1.54) is 0 Å². The molecule has 0 fully saturated rings. The summed E-state index contributed by atoms with van der Waals surface area (Å²) in [4.78, 5) is 4.15. The largest absolute Gasteiger partial charge is 0.256 e. The van der Waals surface area contributed by atoms with Crippen molar-refractivity contribution in [1.82, 2.24) is 4.98 Å². The van der Waals surface area contributed by atoms with Crippen molar-refractivity contribution < 1.29 is 0 Å². The minimum Gasteiger partial charge on any atom is -0.256 e. The normalized spacial score (nSPS) is 10.1. The van der Waals surface area contributed by atoms with Gasteiger partial charge in [0.1, 0.15) is 6.07 Å². The van der Waals surface area contributed by atoms with Crippen LogP contribution in [-0.2, 0) is 0 Å². The number of rotatable bonds is 0. The molecule has 0 saturated carbocycles. The van der Waals surface area contributed by atoms with Crippen molar-refractivity contribution in [3.05, 3.63) is 38.6 Å². The Morgan fingerprint density at radius 1 is 1.50 bits per heavy atom. The fourth-order valence-electron chi connectivity index (χ4n) is 1.24. The SMILES string of the molecule is N#Cc1cc2ncccc2c(Cl)c1I. The van der Waals surface area contributed by atoms with Crippen LogP contribution in [0.1, 0.15) is 5.56 Å². The quantitative estimate of drug-likeness (QED) is 0.699. The molecule has 2 aromatic rings. The van der Waals surface area contributed by atoms with Crippen molar-refractivity contribution >= 4 is 45.1 Å². The highest BCUT2D eigenvalue weighted by Crippen LogP contribution is 2.29. The molecule has 14 heavy (non-hydrogen) atoms. The average molecular weight is 315 g/mol. The molecule has 0 radical (unpaired) electrons. The second-order valence-electron chi connectivity index (χ2n) is 2.73. The van der Waals surface area contributed by atoms with E-state index in [1.54, 1.807) is 12.3 Å². The van der Waals surface area contributed by atoms with Crippen LogP contribution in [0.25, 0.3) is 10.9 Å². The second kappa shape index (κ2) is 3.71. The van der Waals surface area contributed by atoms with Gasteiger partial charge in [-0.15, -0.1) is 0 Å². The third-order valence-electron chi connectivity index (χ3n) is 1.91. The predicted molar refractivity (Wildman–Crippen MR) is 64.2 cm³/mol. The summed E-state index contributed by atoms with van der Waals surface area (Å²) in [6.45, 7) is 0. The Kier molecular flexibility index (Phi) is 2.57. The van der Waals surface area contributed by atoms with Crippen molar-refractivity contribution in [2.75, 3.05) is 0 Å². The molecule has 0 aliphatic rings. The fraction of sp³-hybridized carbons (Fsp3) is 0. The molecule has 0 amide bonds. The topological polar surface area (TPSA) is 36.7 Å². The summed E-state index contributed by atoms with van der Waals surface area (Å²) in [5, 5.41) is 10.4. The lowest BCUT2D eigenvalue weighted by Gasteiger charge is -2.03. The zero-order valence-electron chi connectivity index (χ0n) is 6.96. The van der Waals surface area contributed by atoms with Crippen LogP contribution in [0.5, 0.6) is 0 Å². The maximum absolute atomic E-state index is 8.86. The maximum atomic E-state index is 8.86. The average Bonchev–Trinajstić information content (AvgIpc) is 2.23. The molecule has 1 heterocycles. The van der Waals surface area contributed by atoms with E-state index in [-0.39, 0.29) is 0 Å². The summed E-state index contributed by atoms with van der Waals surface area (Å²) in [5.41, 5.74) is 1.33. The van der Waals surface area contributed by atoms with Gasteiger partial charge >= 0.3 is 0 Å². The molecular weight excluding hydrogens is 310 g/mol. The smallest absolute Gasteiger partial charge is 0.100 e. The summed E-state index contributed by atoms with van der Waals surface area (Å²) in [5.74, 6) is 0. The van der Waals surface area contributed by atoms with Crippen LogP contribution in [-0.4, -0.2) is 4.98 Å². The monoisotopic (exact) mass is 314 g/mol. The number of nitriles is 1. The number of nitrogens with zero attached hydrogens (tertiary/aromatic N) is 2. The first kappa shape index (κ1) is 9.69. The molecule has 0 spiro atoms. The lowest BCUT2D eigenvalue weighted by atomic mass is 10.1. The third-order valence-corrected chi connectivity index (χ3v) is 3.74. The maximum Gasteiger partial charge on any atom is 0.100 e. The van der Waals surface area contributed by atoms with Crippen LogP contribution in [0.3, 0.4) is 0 Å². The van der Waals surface area contributed by atoms with Crippen LogP contribution in [0.4, 0.5) is 0 Å². The lowest BCUT2D eigenvalue weighted by molar-refractivity contribution is 1.39. The van der Waals surface area contributed by atoms with Gasteiger partial charge in [0.25, 0.3) is 0 Å². The number of aromatic nitrogens is 1. The highest BCUT2D eigenvalue weighted by molar-refractivity contribution is 14.1. The third kappa shape index (κ3) is 1.45. The summed E-state index contributed by atoms with van der Waals surface area (Å²) >= 11 is 8.18. The number of pyridine rings is 1. The Morgan fingerprint density at radius 3 is 3.00 bits per heavy atom. The molecule has 0 N–H and O–H groups in total. The zero-order valence-corrected chi connectivity index (χ0v) is 9.87. The van der Waals surface area contributed by atoms with E-state index in [9.17, 15) is 0 Å². The second-order valence-corrected chi connectivity index (χ2v) is 4.19. The molecule has 0 bridgehead atoms. The summed E-state index contributed by atoms with van der Waals surface area (Å²) in [6, 6.07) is 7.58. The van der Waals surface area contributed by atoms with Crippen molar-refractivity contribution in [3.63, 3.8) is 0 Å². The molecule has 2 rings (SSSR count). The Labute approximate surface area is 99.7 Å². The van der Waals surface area contributed by atoms with E-state index in [0.717, 1.165) is 14.5 Å². The van der Waals surface area contributed by atoms with Gasteiger partial charge in [0, 0.05) is 11.6 Å². The molecule has 0 saturated heterocycles. The molecule has 0 atom stereocenters. The van der Waals surface area contributed by atoms with Crippen molar-refractivity contribution in [2.24, 2.45) is 0 Å². The Balaban J connectivity index is 2.94. The number of fused-ring (bicyclic) bond motifs is 1. The van der Waals surface area contributed by atoms with E-state index in [1.807, 2.05) is 12.1 Å². The predicted octanol–water partition coefficient (Wildman–Crippen LogP) is 3.36. The van der Waals surface area contributed by atoms with Gasteiger partial charge in [-0.1, -0.05) is 11.6 Å². The van der Waals surface area contributed by atoms with E-state index in [0.29, 0.717) is 10.6 Å². The van der Waals surface area contributed by atoms with Gasteiger partial charge in [0.2, 0.25) is 0 Å². The molecule has 1 aromatic carbocycles. The fourth-order valence-corrected chi connectivity index (χ4v) is 2.06. The molecule has 0 aliphatic carbocycles. The molecular formula is C10H4ClIN2. The van der Waals surface area contributed by atoms with Gasteiger partial charge in [-0.2, -0.15) is 5.26 Å². The number of halogens is 2. The summed E-state index contributed by atoms with van der Waals surface area (Å²) in [7, 11) is 0. The molecule has 68 valence electrons. The van der Waals surface area contributed by atoms with E-state index >= 15 is 0 Å². The molecule has 0 unspecified atom stereocenters. The summed E-state index contributed by atoms with van der Waals surface area (Å²) in [6.07, 6.45) is 1.69. The standard InChI is InChI=1S/C10H4ClIN2/c11-9-7-2-1-3-14-8(7)4-6(5-13)10(9)12/h1-4H.